The van der Waals surface area contributed by atoms with Gasteiger partial charge in [0.05, 0.1) is 5.52 Å². The second-order valence-corrected chi connectivity index (χ2v) is 8.94. The van der Waals surface area contributed by atoms with Crippen LogP contribution in [0.3, 0.4) is 0 Å². The van der Waals surface area contributed by atoms with Gasteiger partial charge >= 0.3 is 0 Å². The molecule has 0 aliphatic rings. The molecule has 180 valence electrons. The molecule has 0 bridgehead atoms. The zero-order chi connectivity index (χ0) is 24.8. The number of amides is 2. The number of aryl methyl sites for hydroxylation is 1. The van der Waals surface area contributed by atoms with Crippen molar-refractivity contribution in [3.63, 3.8) is 0 Å². The number of hydrogen-bond donors (Lipinski definition) is 1. The number of aromatic nitrogens is 4. The second kappa shape index (κ2) is 10.9. The molecule has 0 saturated heterocycles. The number of carbonyl (C=O) groups is 2. The van der Waals surface area contributed by atoms with Gasteiger partial charge in [-0.3, -0.25) is 19.5 Å². The van der Waals surface area contributed by atoms with E-state index in [1.165, 1.54) is 0 Å². The average molecular weight is 471 g/mol. The quantitative estimate of drug-likeness (QED) is 0.398. The van der Waals surface area contributed by atoms with E-state index in [1.54, 1.807) is 34.1 Å². The first-order valence-corrected chi connectivity index (χ1v) is 11.8. The summed E-state index contributed by atoms with van der Waals surface area (Å²) in [5, 5.41) is 11.4. The average Bonchev–Trinajstić information content (AvgIpc) is 3.26. The van der Waals surface area contributed by atoms with Crippen LogP contribution in [0.1, 0.15) is 37.4 Å². The maximum Gasteiger partial charge on any atom is 0.249 e. The van der Waals surface area contributed by atoms with Crippen LogP contribution in [0, 0.1) is 12.8 Å². The molecule has 0 spiro atoms. The van der Waals surface area contributed by atoms with Crippen LogP contribution in [0.4, 0.5) is 5.69 Å². The number of nitrogens with one attached hydrogen (secondary N) is 1. The van der Waals surface area contributed by atoms with Gasteiger partial charge in [-0.05, 0) is 60.7 Å². The van der Waals surface area contributed by atoms with E-state index < -0.39 is 6.04 Å². The molecule has 8 heteroatoms. The van der Waals surface area contributed by atoms with Gasteiger partial charge in [0.2, 0.25) is 11.8 Å². The lowest BCUT2D eigenvalue weighted by molar-refractivity contribution is -0.127. The number of nitrogens with zero attached hydrogens (tertiary/aromatic N) is 5. The van der Waals surface area contributed by atoms with E-state index in [4.69, 9.17) is 0 Å². The Hall–Kier alpha value is -4.07. The minimum Gasteiger partial charge on any atom is -0.354 e. The smallest absolute Gasteiger partial charge is 0.249 e. The second-order valence-electron chi connectivity index (χ2n) is 8.94. The third-order valence-electron chi connectivity index (χ3n) is 5.90. The van der Waals surface area contributed by atoms with Crippen molar-refractivity contribution < 1.29 is 9.59 Å². The molecule has 2 amide bonds. The van der Waals surface area contributed by atoms with Crippen molar-refractivity contribution in [1.29, 1.82) is 0 Å². The maximum atomic E-state index is 13.9. The van der Waals surface area contributed by atoms with E-state index in [2.05, 4.69) is 34.5 Å². The normalized spacial score (nSPS) is 12.0. The predicted molar refractivity (Wildman–Crippen MR) is 136 cm³/mol. The topological polar surface area (TPSA) is 93.0 Å². The summed E-state index contributed by atoms with van der Waals surface area (Å²) >= 11 is 0. The van der Waals surface area contributed by atoms with Gasteiger partial charge in [0, 0.05) is 24.6 Å². The van der Waals surface area contributed by atoms with Gasteiger partial charge in [-0.25, -0.2) is 4.68 Å². The first kappa shape index (κ1) is 24.1. The molecule has 2 heterocycles. The van der Waals surface area contributed by atoms with Gasteiger partial charge in [-0.15, -0.1) is 5.10 Å². The zero-order valence-electron chi connectivity index (χ0n) is 20.3. The highest BCUT2D eigenvalue weighted by Crippen LogP contribution is 2.31. The van der Waals surface area contributed by atoms with Gasteiger partial charge in [0.1, 0.15) is 18.1 Å². The van der Waals surface area contributed by atoms with Crippen molar-refractivity contribution in [2.45, 2.75) is 39.8 Å². The van der Waals surface area contributed by atoms with E-state index in [0.717, 1.165) is 17.5 Å². The van der Waals surface area contributed by atoms with Crippen LogP contribution in [-0.4, -0.2) is 38.3 Å². The minimum atomic E-state index is -0.867. The van der Waals surface area contributed by atoms with Crippen LogP contribution in [0.25, 0.3) is 11.0 Å². The van der Waals surface area contributed by atoms with Crippen LogP contribution < -0.4 is 10.2 Å². The number of anilines is 1. The molecule has 1 N–H and O–H groups in total. The molecule has 1 unspecified atom stereocenters. The Kier molecular flexibility index (Phi) is 7.50. The molecule has 1 atom stereocenters. The third-order valence-corrected chi connectivity index (χ3v) is 5.90. The number of pyridine rings is 1. The van der Waals surface area contributed by atoms with E-state index in [0.29, 0.717) is 29.2 Å². The summed E-state index contributed by atoms with van der Waals surface area (Å²) in [7, 11) is 0. The van der Waals surface area contributed by atoms with E-state index >= 15 is 0 Å². The fraction of sp³-hybridized carbons (Fsp3) is 0.296. The van der Waals surface area contributed by atoms with Crippen molar-refractivity contribution in [1.82, 2.24) is 25.3 Å². The molecule has 4 rings (SSSR count). The Morgan fingerprint density at radius 1 is 1.00 bits per heavy atom. The molecule has 0 radical (unpaired) electrons. The van der Waals surface area contributed by atoms with Gasteiger partial charge in [-0.2, -0.15) is 0 Å². The fourth-order valence-corrected chi connectivity index (χ4v) is 4.03. The summed E-state index contributed by atoms with van der Waals surface area (Å²) in [5.74, 6) is -0.0583. The summed E-state index contributed by atoms with van der Waals surface area (Å²) in [6, 6.07) is 17.7. The molecular formula is C27H30N6O2. The predicted octanol–water partition coefficient (Wildman–Crippen LogP) is 4.07. The summed E-state index contributed by atoms with van der Waals surface area (Å²) in [5.41, 5.74) is 3.70. The van der Waals surface area contributed by atoms with Crippen LogP contribution in [0.15, 0.2) is 73.1 Å². The summed E-state index contributed by atoms with van der Waals surface area (Å²) in [6.45, 7) is 6.62. The lowest BCUT2D eigenvalue weighted by Crippen LogP contribution is -2.46. The van der Waals surface area contributed by atoms with Crippen molar-refractivity contribution in [2.24, 2.45) is 5.92 Å². The number of carbonyl (C=O) groups excluding carboxylic acids is 2. The highest BCUT2D eigenvalue weighted by molar-refractivity contribution is 6.02. The Morgan fingerprint density at radius 3 is 2.46 bits per heavy atom. The maximum absolute atomic E-state index is 13.9. The highest BCUT2D eigenvalue weighted by atomic mass is 16.2. The molecule has 0 aliphatic carbocycles. The molecule has 0 aliphatic heterocycles. The largest absolute Gasteiger partial charge is 0.354 e. The number of hydrogen-bond acceptors (Lipinski definition) is 5. The Balaban J connectivity index is 1.76. The van der Waals surface area contributed by atoms with E-state index in [9.17, 15) is 9.59 Å². The van der Waals surface area contributed by atoms with Crippen LogP contribution in [-0.2, 0) is 16.1 Å². The molecule has 8 nitrogen and oxygen atoms in total. The monoisotopic (exact) mass is 470 g/mol. The van der Waals surface area contributed by atoms with Crippen molar-refractivity contribution in [3.05, 3.63) is 84.2 Å². The summed E-state index contributed by atoms with van der Waals surface area (Å²) < 4.78 is 1.57. The third kappa shape index (κ3) is 5.54. The molecule has 4 aromatic rings. The van der Waals surface area contributed by atoms with Crippen molar-refractivity contribution >= 4 is 28.5 Å². The molecular weight excluding hydrogens is 440 g/mol. The lowest BCUT2D eigenvalue weighted by Gasteiger charge is -2.32. The van der Waals surface area contributed by atoms with Gasteiger partial charge in [0.15, 0.2) is 0 Å². The molecule has 0 fully saturated rings. The summed E-state index contributed by atoms with van der Waals surface area (Å²) in [6.07, 6.45) is 4.11. The van der Waals surface area contributed by atoms with Gasteiger partial charge < -0.3 is 5.32 Å². The number of benzene rings is 2. The number of fused-ring (bicyclic) bond motifs is 1. The summed E-state index contributed by atoms with van der Waals surface area (Å²) in [4.78, 5) is 33.2. The molecule has 0 saturated carbocycles. The molecule has 2 aromatic carbocycles. The standard InChI is InChI=1S/C27H30N6O2/c1-19(2)12-17-29-27(35)26(21-13-15-28-16-14-21)33(23-10-6-4-8-20(23)3)25(34)18-32-24-11-7-5-9-22(24)30-31-32/h4-11,13-16,19,26H,12,17-18H2,1-3H3,(H,29,35). The Morgan fingerprint density at radius 2 is 1.71 bits per heavy atom. The number of para-hydroxylation sites is 2. The SMILES string of the molecule is Cc1ccccc1N(C(=O)Cn1nnc2ccccc21)C(C(=O)NCCC(C)C)c1ccncc1. The first-order chi connectivity index (χ1) is 17.0. The van der Waals surface area contributed by atoms with Gasteiger partial charge in [0.25, 0.3) is 0 Å². The zero-order valence-corrected chi connectivity index (χ0v) is 20.3. The fourth-order valence-electron chi connectivity index (χ4n) is 4.03. The van der Waals surface area contributed by atoms with Crippen molar-refractivity contribution in [3.8, 4) is 0 Å². The molecule has 35 heavy (non-hydrogen) atoms. The molecule has 2 aromatic heterocycles. The van der Waals surface area contributed by atoms with Crippen LogP contribution in [0.2, 0.25) is 0 Å². The number of rotatable bonds is 9. The van der Waals surface area contributed by atoms with Crippen molar-refractivity contribution in [2.75, 3.05) is 11.4 Å². The Bertz CT molecular complexity index is 1300. The van der Waals surface area contributed by atoms with Crippen LogP contribution in [0.5, 0.6) is 0 Å². The minimum absolute atomic E-state index is 0.0598. The van der Waals surface area contributed by atoms with E-state index in [-0.39, 0.29) is 18.4 Å². The van der Waals surface area contributed by atoms with Gasteiger partial charge in [-0.1, -0.05) is 49.4 Å². The highest BCUT2D eigenvalue weighted by Gasteiger charge is 2.33. The Labute approximate surface area is 205 Å². The first-order valence-electron chi connectivity index (χ1n) is 11.8. The lowest BCUT2D eigenvalue weighted by atomic mass is 10.0. The van der Waals surface area contributed by atoms with E-state index in [1.807, 2.05) is 55.5 Å². The van der Waals surface area contributed by atoms with Crippen LogP contribution >= 0.6 is 0 Å².